The van der Waals surface area contributed by atoms with E-state index in [1.165, 1.54) is 12.0 Å². The Morgan fingerprint density at radius 1 is 1.00 bits per heavy atom. The van der Waals surface area contributed by atoms with E-state index in [4.69, 9.17) is 15.2 Å². The lowest BCUT2D eigenvalue weighted by molar-refractivity contribution is 0.254. The molecule has 27 heavy (non-hydrogen) atoms. The van der Waals surface area contributed by atoms with Crippen molar-refractivity contribution < 1.29 is 9.47 Å². The van der Waals surface area contributed by atoms with Crippen LogP contribution in [0.25, 0.3) is 0 Å². The van der Waals surface area contributed by atoms with Crippen LogP contribution in [-0.2, 0) is 5.41 Å². The fourth-order valence-corrected chi connectivity index (χ4v) is 3.60. The average Bonchev–Trinajstić information content (AvgIpc) is 2.87. The molecule has 0 radical (unpaired) electrons. The molecule has 1 aliphatic carbocycles. The van der Waals surface area contributed by atoms with Crippen molar-refractivity contribution in [2.24, 2.45) is 10.7 Å². The number of nitrogens with zero attached hydrogens (tertiary/aromatic N) is 1. The van der Waals surface area contributed by atoms with Gasteiger partial charge in [0.2, 0.25) is 0 Å². The molecule has 0 saturated heterocycles. The molecule has 5 nitrogen and oxygen atoms in total. The Hall–Kier alpha value is -1.96. The number of ether oxygens (including phenoxy) is 2. The normalized spacial score (nSPS) is 17.9. The Morgan fingerprint density at radius 2 is 1.74 bits per heavy atom. The van der Waals surface area contributed by atoms with Gasteiger partial charge in [0.05, 0.1) is 19.8 Å². The SMILES string of the molecule is I.NC(=NCC1(c2ccccc2)CCC1)Nc1ccc2c(c1)OCCCO2. The second-order valence-electron chi connectivity index (χ2n) is 7.04. The maximum atomic E-state index is 6.14. The molecule has 144 valence electrons. The van der Waals surface area contributed by atoms with Gasteiger partial charge in [-0.25, -0.2) is 0 Å². The zero-order valence-corrected chi connectivity index (χ0v) is 17.6. The second-order valence-corrected chi connectivity index (χ2v) is 7.04. The summed E-state index contributed by atoms with van der Waals surface area (Å²) in [4.78, 5) is 4.63. The zero-order chi connectivity index (χ0) is 17.8. The summed E-state index contributed by atoms with van der Waals surface area (Å²) in [5.74, 6) is 1.96. The first-order valence-corrected chi connectivity index (χ1v) is 9.27. The summed E-state index contributed by atoms with van der Waals surface area (Å²) in [6, 6.07) is 16.4. The van der Waals surface area contributed by atoms with E-state index in [1.807, 2.05) is 18.2 Å². The molecule has 1 aliphatic heterocycles. The molecule has 0 atom stereocenters. The molecule has 3 N–H and O–H groups in total. The van der Waals surface area contributed by atoms with Crippen LogP contribution in [0.4, 0.5) is 5.69 Å². The number of rotatable bonds is 4. The molecular weight excluding hydrogens is 453 g/mol. The topological polar surface area (TPSA) is 68.9 Å². The maximum absolute atomic E-state index is 6.14. The van der Waals surface area contributed by atoms with Crippen LogP contribution in [0, 0.1) is 0 Å². The first-order valence-electron chi connectivity index (χ1n) is 9.27. The minimum Gasteiger partial charge on any atom is -0.490 e. The van der Waals surface area contributed by atoms with Gasteiger partial charge in [-0.1, -0.05) is 36.8 Å². The third-order valence-electron chi connectivity index (χ3n) is 5.27. The lowest BCUT2D eigenvalue weighted by atomic mass is 9.64. The smallest absolute Gasteiger partial charge is 0.193 e. The summed E-state index contributed by atoms with van der Waals surface area (Å²) in [7, 11) is 0. The highest BCUT2D eigenvalue weighted by Gasteiger charge is 2.38. The van der Waals surface area contributed by atoms with E-state index in [2.05, 4.69) is 40.6 Å². The number of halogens is 1. The molecule has 0 aromatic heterocycles. The molecule has 2 aliphatic rings. The molecule has 1 fully saturated rings. The summed E-state index contributed by atoms with van der Waals surface area (Å²) in [5.41, 5.74) is 8.50. The van der Waals surface area contributed by atoms with Crippen molar-refractivity contribution in [3.8, 4) is 11.5 Å². The van der Waals surface area contributed by atoms with E-state index < -0.39 is 0 Å². The lowest BCUT2D eigenvalue weighted by Crippen LogP contribution is -2.38. The van der Waals surface area contributed by atoms with Crippen molar-refractivity contribution in [1.82, 2.24) is 0 Å². The molecular formula is C21H26IN3O2. The number of hydrogen-bond donors (Lipinski definition) is 2. The van der Waals surface area contributed by atoms with E-state index in [9.17, 15) is 0 Å². The predicted molar refractivity (Wildman–Crippen MR) is 120 cm³/mol. The van der Waals surface area contributed by atoms with Crippen molar-refractivity contribution in [2.45, 2.75) is 31.1 Å². The van der Waals surface area contributed by atoms with Crippen molar-refractivity contribution in [2.75, 3.05) is 25.1 Å². The number of hydrogen-bond acceptors (Lipinski definition) is 3. The number of aliphatic imine (C=N–C) groups is 1. The second kappa shape index (κ2) is 8.82. The van der Waals surface area contributed by atoms with Gasteiger partial charge in [-0.2, -0.15) is 0 Å². The molecule has 0 unspecified atom stereocenters. The minimum atomic E-state index is 0. The maximum Gasteiger partial charge on any atom is 0.193 e. The third kappa shape index (κ3) is 4.48. The Balaban J connectivity index is 0.00000210. The highest BCUT2D eigenvalue weighted by molar-refractivity contribution is 14.0. The fraction of sp³-hybridized carbons (Fsp3) is 0.381. The van der Waals surface area contributed by atoms with Gasteiger partial charge in [0.1, 0.15) is 0 Å². The van der Waals surface area contributed by atoms with Gasteiger partial charge in [-0.15, -0.1) is 24.0 Å². The Labute approximate surface area is 177 Å². The molecule has 6 heteroatoms. The van der Waals surface area contributed by atoms with Gasteiger partial charge in [-0.3, -0.25) is 4.99 Å². The monoisotopic (exact) mass is 479 g/mol. The van der Waals surface area contributed by atoms with Crippen molar-refractivity contribution in [3.63, 3.8) is 0 Å². The molecule has 1 saturated carbocycles. The van der Waals surface area contributed by atoms with E-state index in [-0.39, 0.29) is 29.4 Å². The van der Waals surface area contributed by atoms with Crippen LogP contribution in [0.3, 0.4) is 0 Å². The van der Waals surface area contributed by atoms with Crippen LogP contribution in [0.15, 0.2) is 53.5 Å². The average molecular weight is 479 g/mol. The summed E-state index contributed by atoms with van der Waals surface area (Å²) < 4.78 is 11.4. The van der Waals surface area contributed by atoms with Crippen LogP contribution in [0.2, 0.25) is 0 Å². The molecule has 1 heterocycles. The van der Waals surface area contributed by atoms with E-state index in [0.29, 0.717) is 25.7 Å². The summed E-state index contributed by atoms with van der Waals surface area (Å²) in [5, 5.41) is 3.18. The third-order valence-corrected chi connectivity index (χ3v) is 5.27. The number of fused-ring (bicyclic) bond motifs is 1. The number of anilines is 1. The zero-order valence-electron chi connectivity index (χ0n) is 15.3. The molecule has 2 aromatic rings. The summed E-state index contributed by atoms with van der Waals surface area (Å²) >= 11 is 0. The minimum absolute atomic E-state index is 0. The van der Waals surface area contributed by atoms with Crippen LogP contribution in [0.1, 0.15) is 31.2 Å². The molecule has 0 spiro atoms. The summed E-state index contributed by atoms with van der Waals surface area (Å²) in [6.45, 7) is 2.06. The van der Waals surface area contributed by atoms with Gasteiger partial charge in [-0.05, 0) is 30.5 Å². The first kappa shape index (κ1) is 19.8. The van der Waals surface area contributed by atoms with Gasteiger partial charge in [0.25, 0.3) is 0 Å². The fourth-order valence-electron chi connectivity index (χ4n) is 3.60. The predicted octanol–water partition coefficient (Wildman–Crippen LogP) is 4.31. The lowest BCUT2D eigenvalue weighted by Gasteiger charge is -2.41. The van der Waals surface area contributed by atoms with Gasteiger partial charge >= 0.3 is 0 Å². The first-order chi connectivity index (χ1) is 12.8. The highest BCUT2D eigenvalue weighted by Crippen LogP contribution is 2.43. The van der Waals surface area contributed by atoms with Gasteiger partial charge in [0, 0.05) is 23.6 Å². The van der Waals surface area contributed by atoms with Crippen molar-refractivity contribution in [3.05, 3.63) is 54.1 Å². The number of benzene rings is 2. The van der Waals surface area contributed by atoms with E-state index >= 15 is 0 Å². The van der Waals surface area contributed by atoms with Crippen molar-refractivity contribution in [1.29, 1.82) is 0 Å². The van der Waals surface area contributed by atoms with Crippen molar-refractivity contribution >= 4 is 35.6 Å². The molecule has 0 bridgehead atoms. The highest BCUT2D eigenvalue weighted by atomic mass is 127. The van der Waals surface area contributed by atoms with Crippen LogP contribution >= 0.6 is 24.0 Å². The Bertz CT molecular complexity index is 791. The van der Waals surface area contributed by atoms with E-state index in [1.54, 1.807) is 0 Å². The van der Waals surface area contributed by atoms with Gasteiger partial charge < -0.3 is 20.5 Å². The van der Waals surface area contributed by atoms with Crippen LogP contribution in [0.5, 0.6) is 11.5 Å². The molecule has 4 rings (SSSR count). The Kier molecular flexibility index (Phi) is 6.46. The molecule has 2 aromatic carbocycles. The van der Waals surface area contributed by atoms with Gasteiger partial charge in [0.15, 0.2) is 17.5 Å². The van der Waals surface area contributed by atoms with E-state index in [0.717, 1.165) is 36.4 Å². The van der Waals surface area contributed by atoms with Crippen LogP contribution < -0.4 is 20.5 Å². The summed E-state index contributed by atoms with van der Waals surface area (Å²) in [6.07, 6.45) is 4.47. The largest absolute Gasteiger partial charge is 0.490 e. The standard InChI is InChI=1S/C21H25N3O2.HI/c22-20(23-15-21(10-4-11-21)16-6-2-1-3-7-16)24-17-8-9-18-19(14-17)26-13-5-12-25-18;/h1-3,6-9,14H,4-5,10-13,15H2,(H3,22,23,24);1H. The number of guanidine groups is 1. The number of nitrogens with two attached hydrogens (primary N) is 1. The van der Waals surface area contributed by atoms with Crippen LogP contribution in [-0.4, -0.2) is 25.7 Å². The molecule has 0 amide bonds. The number of nitrogens with one attached hydrogen (secondary N) is 1. The Morgan fingerprint density at radius 3 is 2.44 bits per heavy atom. The quantitative estimate of drug-likeness (QED) is 0.390.